The van der Waals surface area contributed by atoms with Crippen LogP contribution in [0.2, 0.25) is 0 Å². The van der Waals surface area contributed by atoms with Gasteiger partial charge in [-0.2, -0.15) is 13.2 Å². The monoisotopic (exact) mass is 263 g/mol. The summed E-state index contributed by atoms with van der Waals surface area (Å²) < 4.78 is 40.1. The normalized spacial score (nSPS) is 15.6. The van der Waals surface area contributed by atoms with Gasteiger partial charge in [-0.25, -0.2) is 4.98 Å². The largest absolute Gasteiger partial charge is 0.479 e. The average Bonchev–Trinajstić information content (AvgIpc) is 2.26. The van der Waals surface area contributed by atoms with Crippen LogP contribution in [-0.4, -0.2) is 16.3 Å². The molecule has 0 aromatic carbocycles. The first-order chi connectivity index (χ1) is 7.96. The standard InChI is InChI=1S/C10H8F3NO2S/c11-10(12,13)17-16-9-5-4-6-7(14-9)2-1-3-8(6)15/h4-5H,1-3H2. The maximum atomic E-state index is 11.9. The summed E-state index contributed by atoms with van der Waals surface area (Å²) in [5.41, 5.74) is -3.46. The van der Waals surface area contributed by atoms with Gasteiger partial charge in [0.2, 0.25) is 5.88 Å². The third kappa shape index (κ3) is 3.12. The Kier molecular flexibility index (Phi) is 3.28. The van der Waals surface area contributed by atoms with Gasteiger partial charge in [0.15, 0.2) is 17.8 Å². The Bertz CT molecular complexity index is 448. The molecule has 2 rings (SSSR count). The Morgan fingerprint density at radius 1 is 1.29 bits per heavy atom. The van der Waals surface area contributed by atoms with Crippen LogP contribution in [0.1, 0.15) is 28.9 Å². The number of ketones is 1. The molecule has 0 spiro atoms. The van der Waals surface area contributed by atoms with Crippen LogP contribution in [0, 0.1) is 0 Å². The second-order valence-electron chi connectivity index (χ2n) is 3.53. The maximum absolute atomic E-state index is 11.9. The lowest BCUT2D eigenvalue weighted by Crippen LogP contribution is -2.13. The van der Waals surface area contributed by atoms with Crippen molar-refractivity contribution in [2.75, 3.05) is 0 Å². The topological polar surface area (TPSA) is 39.2 Å². The van der Waals surface area contributed by atoms with Gasteiger partial charge in [0.1, 0.15) is 0 Å². The minimum absolute atomic E-state index is 0.0197. The lowest BCUT2D eigenvalue weighted by atomic mass is 9.95. The number of rotatable bonds is 2. The molecule has 7 heteroatoms. The molecule has 1 aromatic rings. The number of alkyl halides is 3. The summed E-state index contributed by atoms with van der Waals surface area (Å²) in [4.78, 5) is 15.4. The number of pyridine rings is 1. The van der Waals surface area contributed by atoms with E-state index in [0.717, 1.165) is 0 Å². The van der Waals surface area contributed by atoms with Gasteiger partial charge >= 0.3 is 5.51 Å². The molecule has 0 unspecified atom stereocenters. The molecule has 0 amide bonds. The summed E-state index contributed by atoms with van der Waals surface area (Å²) in [5, 5.41) is 0. The second-order valence-corrected chi connectivity index (χ2v) is 4.33. The Balaban J connectivity index is 2.14. The van der Waals surface area contributed by atoms with Crippen LogP contribution in [0.4, 0.5) is 13.2 Å². The summed E-state index contributed by atoms with van der Waals surface area (Å²) in [6.45, 7) is 0. The van der Waals surface area contributed by atoms with E-state index >= 15 is 0 Å². The van der Waals surface area contributed by atoms with Crippen molar-refractivity contribution in [3.05, 3.63) is 23.4 Å². The number of Topliss-reactive ketones (excluding diaryl/α,β-unsaturated/α-hetero) is 1. The molecule has 0 saturated heterocycles. The van der Waals surface area contributed by atoms with Gasteiger partial charge in [-0.05, 0) is 18.9 Å². The highest BCUT2D eigenvalue weighted by Crippen LogP contribution is 2.32. The first kappa shape index (κ1) is 12.2. The summed E-state index contributed by atoms with van der Waals surface area (Å²) in [6.07, 6.45) is 1.73. The van der Waals surface area contributed by atoms with E-state index in [1.165, 1.54) is 12.1 Å². The first-order valence-electron chi connectivity index (χ1n) is 4.91. The number of carbonyl (C=O) groups is 1. The Morgan fingerprint density at radius 3 is 2.76 bits per heavy atom. The smallest absolute Gasteiger partial charge is 0.397 e. The minimum Gasteiger partial charge on any atom is -0.397 e. The summed E-state index contributed by atoms with van der Waals surface area (Å²) in [5.74, 6) is -0.144. The molecular formula is C10H8F3NO2S. The van der Waals surface area contributed by atoms with Crippen molar-refractivity contribution in [3.63, 3.8) is 0 Å². The van der Waals surface area contributed by atoms with Crippen molar-refractivity contribution in [3.8, 4) is 5.88 Å². The van der Waals surface area contributed by atoms with E-state index < -0.39 is 17.6 Å². The van der Waals surface area contributed by atoms with Crippen LogP contribution in [0.3, 0.4) is 0 Å². The van der Waals surface area contributed by atoms with Gasteiger partial charge < -0.3 is 4.18 Å². The fourth-order valence-electron chi connectivity index (χ4n) is 1.61. The first-order valence-corrected chi connectivity index (χ1v) is 5.65. The number of carbonyl (C=O) groups excluding carboxylic acids is 1. The third-order valence-corrected chi connectivity index (χ3v) is 2.73. The van der Waals surface area contributed by atoms with E-state index in [-0.39, 0.29) is 11.7 Å². The lowest BCUT2D eigenvalue weighted by Gasteiger charge is -2.14. The predicted molar refractivity (Wildman–Crippen MR) is 55.8 cm³/mol. The zero-order valence-corrected chi connectivity index (χ0v) is 9.40. The fraction of sp³-hybridized carbons (Fsp3) is 0.400. The summed E-state index contributed by atoms with van der Waals surface area (Å²) in [6, 6.07) is 2.75. The van der Waals surface area contributed by atoms with Crippen molar-refractivity contribution < 1.29 is 22.1 Å². The molecule has 1 aromatic heterocycles. The Labute approximate surface area is 99.6 Å². The molecule has 3 nitrogen and oxygen atoms in total. The number of fused-ring (bicyclic) bond motifs is 1. The van der Waals surface area contributed by atoms with Gasteiger partial charge in [0, 0.05) is 18.1 Å². The number of hydrogen-bond acceptors (Lipinski definition) is 4. The summed E-state index contributed by atoms with van der Waals surface area (Å²) in [7, 11) is 0. The van der Waals surface area contributed by atoms with E-state index in [0.29, 0.717) is 30.5 Å². The predicted octanol–water partition coefficient (Wildman–Crippen LogP) is 3.15. The van der Waals surface area contributed by atoms with Crippen LogP contribution < -0.4 is 4.18 Å². The molecule has 1 aliphatic rings. The van der Waals surface area contributed by atoms with E-state index in [1.807, 2.05) is 0 Å². The lowest BCUT2D eigenvalue weighted by molar-refractivity contribution is -0.0370. The van der Waals surface area contributed by atoms with Crippen LogP contribution in [0.25, 0.3) is 0 Å². The van der Waals surface area contributed by atoms with Crippen LogP contribution in [0.15, 0.2) is 12.1 Å². The van der Waals surface area contributed by atoms with Crippen molar-refractivity contribution in [2.45, 2.75) is 24.8 Å². The quantitative estimate of drug-likeness (QED) is 0.768. The highest BCUT2D eigenvalue weighted by molar-refractivity contribution is 7.95. The van der Waals surface area contributed by atoms with Gasteiger partial charge in [0.05, 0.1) is 5.69 Å². The van der Waals surface area contributed by atoms with Crippen LogP contribution >= 0.6 is 12.0 Å². The highest BCUT2D eigenvalue weighted by Gasteiger charge is 2.32. The fourth-order valence-corrected chi connectivity index (χ4v) is 1.89. The van der Waals surface area contributed by atoms with E-state index in [2.05, 4.69) is 9.17 Å². The van der Waals surface area contributed by atoms with Crippen molar-refractivity contribution in [1.29, 1.82) is 0 Å². The molecule has 0 radical (unpaired) electrons. The minimum atomic E-state index is -4.46. The number of aryl methyl sites for hydroxylation is 1. The molecule has 0 atom stereocenters. The van der Waals surface area contributed by atoms with Crippen LogP contribution in [0.5, 0.6) is 5.88 Å². The van der Waals surface area contributed by atoms with E-state index in [1.54, 1.807) is 0 Å². The molecule has 1 heterocycles. The zero-order chi connectivity index (χ0) is 12.5. The van der Waals surface area contributed by atoms with Gasteiger partial charge in [-0.3, -0.25) is 4.79 Å². The van der Waals surface area contributed by atoms with Gasteiger partial charge in [-0.15, -0.1) is 0 Å². The summed E-state index contributed by atoms with van der Waals surface area (Å²) >= 11 is -0.609. The number of aromatic nitrogens is 1. The number of nitrogens with zero attached hydrogens (tertiary/aromatic N) is 1. The second kappa shape index (κ2) is 4.56. The SMILES string of the molecule is O=C1CCCc2nc(OSC(F)(F)F)ccc21. The number of hydrogen-bond donors (Lipinski definition) is 0. The van der Waals surface area contributed by atoms with Crippen LogP contribution in [-0.2, 0) is 6.42 Å². The van der Waals surface area contributed by atoms with Crippen molar-refractivity contribution in [1.82, 2.24) is 4.98 Å². The molecular weight excluding hydrogens is 255 g/mol. The van der Waals surface area contributed by atoms with E-state index in [4.69, 9.17) is 0 Å². The molecule has 0 N–H and O–H groups in total. The molecule has 0 saturated carbocycles. The third-order valence-electron chi connectivity index (χ3n) is 2.29. The van der Waals surface area contributed by atoms with Crippen molar-refractivity contribution >= 4 is 17.8 Å². The van der Waals surface area contributed by atoms with E-state index in [9.17, 15) is 18.0 Å². The Morgan fingerprint density at radius 2 is 2.06 bits per heavy atom. The average molecular weight is 263 g/mol. The van der Waals surface area contributed by atoms with Gasteiger partial charge in [-0.1, -0.05) is 0 Å². The molecule has 1 aliphatic carbocycles. The molecule has 0 fully saturated rings. The molecule has 0 aliphatic heterocycles. The Hall–Kier alpha value is -1.24. The zero-order valence-electron chi connectivity index (χ0n) is 8.58. The molecule has 0 bridgehead atoms. The maximum Gasteiger partial charge on any atom is 0.479 e. The highest BCUT2D eigenvalue weighted by atomic mass is 32.2. The van der Waals surface area contributed by atoms with Gasteiger partial charge in [0.25, 0.3) is 0 Å². The number of halogens is 3. The molecule has 92 valence electrons. The molecule has 17 heavy (non-hydrogen) atoms. The van der Waals surface area contributed by atoms with Crippen molar-refractivity contribution in [2.24, 2.45) is 0 Å².